The third-order valence-electron chi connectivity index (χ3n) is 2.01. The van der Waals surface area contributed by atoms with E-state index in [0.717, 1.165) is 41.0 Å². The Morgan fingerprint density at radius 3 is 2.93 bits per heavy atom. The molecule has 0 unspecified atom stereocenters. The lowest BCUT2D eigenvalue weighted by Gasteiger charge is -2.06. The standard InChI is InChI=1S/C12H13BrClN/c1-2-3-4-7-15-9-10-5-6-11(13)8-12(10)14/h1,5-6,8,15H,3-4,7,9H2. The van der Waals surface area contributed by atoms with Crippen molar-refractivity contribution in [3.8, 4) is 12.3 Å². The molecule has 0 saturated carbocycles. The molecule has 0 aromatic heterocycles. The van der Waals surface area contributed by atoms with Crippen molar-refractivity contribution in [1.29, 1.82) is 0 Å². The van der Waals surface area contributed by atoms with E-state index >= 15 is 0 Å². The molecule has 0 bridgehead atoms. The minimum absolute atomic E-state index is 0.786. The van der Waals surface area contributed by atoms with E-state index in [1.807, 2.05) is 18.2 Å². The predicted molar refractivity (Wildman–Crippen MR) is 68.9 cm³/mol. The summed E-state index contributed by atoms with van der Waals surface area (Å²) in [6.45, 7) is 1.72. The van der Waals surface area contributed by atoms with Gasteiger partial charge in [-0.3, -0.25) is 0 Å². The zero-order valence-electron chi connectivity index (χ0n) is 8.39. The quantitative estimate of drug-likeness (QED) is 0.644. The van der Waals surface area contributed by atoms with Gasteiger partial charge in [0.15, 0.2) is 0 Å². The molecule has 0 heterocycles. The lowest BCUT2D eigenvalue weighted by molar-refractivity contribution is 0.659. The summed E-state index contributed by atoms with van der Waals surface area (Å²) in [7, 11) is 0. The lowest BCUT2D eigenvalue weighted by Crippen LogP contribution is -2.14. The van der Waals surface area contributed by atoms with E-state index in [1.54, 1.807) is 0 Å². The van der Waals surface area contributed by atoms with Crippen LogP contribution in [0.4, 0.5) is 0 Å². The normalized spacial score (nSPS) is 9.93. The summed E-state index contributed by atoms with van der Waals surface area (Å²) in [4.78, 5) is 0. The van der Waals surface area contributed by atoms with Crippen LogP contribution in [-0.4, -0.2) is 6.54 Å². The first-order valence-electron chi connectivity index (χ1n) is 4.82. The molecule has 80 valence electrons. The Balaban J connectivity index is 2.35. The second-order valence-corrected chi connectivity index (χ2v) is 4.54. The largest absolute Gasteiger partial charge is 0.313 e. The molecule has 0 saturated heterocycles. The van der Waals surface area contributed by atoms with Gasteiger partial charge in [0.1, 0.15) is 0 Å². The van der Waals surface area contributed by atoms with Gasteiger partial charge in [0.2, 0.25) is 0 Å². The average Bonchev–Trinajstić information content (AvgIpc) is 2.20. The molecule has 0 aliphatic heterocycles. The first kappa shape index (κ1) is 12.6. The van der Waals surface area contributed by atoms with Crippen LogP contribution in [0.25, 0.3) is 0 Å². The van der Waals surface area contributed by atoms with Crippen molar-refractivity contribution >= 4 is 27.5 Å². The smallest absolute Gasteiger partial charge is 0.0462 e. The van der Waals surface area contributed by atoms with E-state index in [4.69, 9.17) is 18.0 Å². The molecular formula is C12H13BrClN. The predicted octanol–water partition coefficient (Wildman–Crippen LogP) is 3.61. The monoisotopic (exact) mass is 285 g/mol. The van der Waals surface area contributed by atoms with Gasteiger partial charge in [-0.2, -0.15) is 0 Å². The summed E-state index contributed by atoms with van der Waals surface area (Å²) in [5.41, 5.74) is 1.11. The molecule has 0 radical (unpaired) electrons. The number of terminal acetylenes is 1. The maximum atomic E-state index is 6.07. The first-order valence-corrected chi connectivity index (χ1v) is 5.99. The van der Waals surface area contributed by atoms with E-state index in [2.05, 4.69) is 27.2 Å². The van der Waals surface area contributed by atoms with E-state index in [9.17, 15) is 0 Å². The Hall–Kier alpha value is -0.490. The van der Waals surface area contributed by atoms with Crippen LogP contribution in [0, 0.1) is 12.3 Å². The van der Waals surface area contributed by atoms with Crippen molar-refractivity contribution in [2.45, 2.75) is 19.4 Å². The zero-order valence-corrected chi connectivity index (χ0v) is 10.7. The highest BCUT2D eigenvalue weighted by atomic mass is 79.9. The maximum Gasteiger partial charge on any atom is 0.0462 e. The molecule has 0 spiro atoms. The van der Waals surface area contributed by atoms with Crippen molar-refractivity contribution < 1.29 is 0 Å². The third kappa shape index (κ3) is 4.70. The number of nitrogens with one attached hydrogen (secondary N) is 1. The van der Waals surface area contributed by atoms with Crippen molar-refractivity contribution in [2.24, 2.45) is 0 Å². The van der Waals surface area contributed by atoms with Gasteiger partial charge in [0.05, 0.1) is 0 Å². The molecule has 0 aliphatic rings. The van der Waals surface area contributed by atoms with Crippen molar-refractivity contribution in [3.05, 3.63) is 33.3 Å². The van der Waals surface area contributed by atoms with Crippen LogP contribution in [0.15, 0.2) is 22.7 Å². The molecule has 1 nitrogen and oxygen atoms in total. The Morgan fingerprint density at radius 1 is 1.47 bits per heavy atom. The Labute approximate surface area is 104 Å². The van der Waals surface area contributed by atoms with E-state index in [-0.39, 0.29) is 0 Å². The van der Waals surface area contributed by atoms with Gasteiger partial charge in [-0.15, -0.1) is 12.3 Å². The third-order valence-corrected chi connectivity index (χ3v) is 2.85. The summed E-state index contributed by atoms with van der Waals surface area (Å²) in [6.07, 6.45) is 6.98. The molecule has 1 N–H and O–H groups in total. The summed E-state index contributed by atoms with van der Waals surface area (Å²) in [6, 6.07) is 5.91. The van der Waals surface area contributed by atoms with E-state index in [1.165, 1.54) is 0 Å². The van der Waals surface area contributed by atoms with Gasteiger partial charge < -0.3 is 5.32 Å². The van der Waals surface area contributed by atoms with Crippen LogP contribution < -0.4 is 5.32 Å². The molecule has 3 heteroatoms. The SMILES string of the molecule is C#CCCCNCc1ccc(Br)cc1Cl. The average molecular weight is 287 g/mol. The van der Waals surface area contributed by atoms with Crippen molar-refractivity contribution in [3.63, 3.8) is 0 Å². The summed E-state index contributed by atoms with van der Waals surface area (Å²) in [5, 5.41) is 4.09. The summed E-state index contributed by atoms with van der Waals surface area (Å²) < 4.78 is 1.00. The molecule has 1 rings (SSSR count). The summed E-state index contributed by atoms with van der Waals surface area (Å²) in [5.74, 6) is 2.61. The molecule has 15 heavy (non-hydrogen) atoms. The Bertz CT molecular complexity index is 357. The van der Waals surface area contributed by atoms with Gasteiger partial charge in [0.25, 0.3) is 0 Å². The topological polar surface area (TPSA) is 12.0 Å². The molecule has 0 aliphatic carbocycles. The second-order valence-electron chi connectivity index (χ2n) is 3.22. The minimum atomic E-state index is 0.786. The number of rotatable bonds is 5. The van der Waals surface area contributed by atoms with Crippen LogP contribution in [0.5, 0.6) is 0 Å². The van der Waals surface area contributed by atoms with E-state index < -0.39 is 0 Å². The maximum absolute atomic E-state index is 6.07. The molecule has 0 atom stereocenters. The van der Waals surface area contributed by atoms with Crippen molar-refractivity contribution in [1.82, 2.24) is 5.32 Å². The number of hydrogen-bond acceptors (Lipinski definition) is 1. The highest BCUT2D eigenvalue weighted by Crippen LogP contribution is 2.20. The van der Waals surface area contributed by atoms with Crippen LogP contribution in [0.2, 0.25) is 5.02 Å². The Morgan fingerprint density at radius 2 is 2.27 bits per heavy atom. The van der Waals surface area contributed by atoms with Crippen LogP contribution in [0.3, 0.4) is 0 Å². The van der Waals surface area contributed by atoms with Gasteiger partial charge in [-0.25, -0.2) is 0 Å². The molecule has 0 fully saturated rings. The highest BCUT2D eigenvalue weighted by molar-refractivity contribution is 9.10. The Kier molecular flexibility index (Phi) is 5.78. The lowest BCUT2D eigenvalue weighted by atomic mass is 10.2. The fourth-order valence-corrected chi connectivity index (χ4v) is 1.94. The molecule has 1 aromatic carbocycles. The van der Waals surface area contributed by atoms with Gasteiger partial charge >= 0.3 is 0 Å². The first-order chi connectivity index (χ1) is 7.24. The molecular weight excluding hydrogens is 273 g/mol. The second kappa shape index (κ2) is 6.90. The number of benzene rings is 1. The van der Waals surface area contributed by atoms with Crippen LogP contribution in [-0.2, 0) is 6.54 Å². The van der Waals surface area contributed by atoms with Gasteiger partial charge in [0, 0.05) is 22.5 Å². The number of unbranched alkanes of at least 4 members (excludes halogenated alkanes) is 1. The number of halogens is 2. The zero-order chi connectivity index (χ0) is 11.1. The molecule has 1 aromatic rings. The van der Waals surface area contributed by atoms with Gasteiger partial charge in [-0.05, 0) is 30.7 Å². The highest BCUT2D eigenvalue weighted by Gasteiger charge is 1.99. The van der Waals surface area contributed by atoms with Crippen molar-refractivity contribution in [2.75, 3.05) is 6.54 Å². The van der Waals surface area contributed by atoms with Crippen LogP contribution >= 0.6 is 27.5 Å². The summed E-state index contributed by atoms with van der Waals surface area (Å²) >= 11 is 9.44. The van der Waals surface area contributed by atoms with Gasteiger partial charge in [-0.1, -0.05) is 33.6 Å². The minimum Gasteiger partial charge on any atom is -0.313 e. The van der Waals surface area contributed by atoms with E-state index in [0.29, 0.717) is 0 Å². The molecule has 0 amide bonds. The number of hydrogen-bond donors (Lipinski definition) is 1. The fourth-order valence-electron chi connectivity index (χ4n) is 1.20. The van der Waals surface area contributed by atoms with Crippen LogP contribution in [0.1, 0.15) is 18.4 Å². The fraction of sp³-hybridized carbons (Fsp3) is 0.333.